The first kappa shape index (κ1) is 49.8. The molecule has 0 saturated carbocycles. The van der Waals surface area contributed by atoms with Gasteiger partial charge < -0.3 is 14.4 Å². The van der Waals surface area contributed by atoms with Crippen molar-refractivity contribution in [2.24, 2.45) is 0 Å². The molecule has 0 radical (unpaired) electrons. The summed E-state index contributed by atoms with van der Waals surface area (Å²) in [6.45, 7) is 30.1. The van der Waals surface area contributed by atoms with Gasteiger partial charge in [0, 0.05) is 56.0 Å². The van der Waals surface area contributed by atoms with Crippen molar-refractivity contribution in [2.75, 3.05) is 9.80 Å². The molecule has 5 heteroatoms. The van der Waals surface area contributed by atoms with E-state index < -0.39 is 0 Å². The highest BCUT2D eigenvalue weighted by atomic mass is 15.2. The number of hydrogen-bond donors (Lipinski definition) is 0. The molecule has 2 aliphatic heterocycles. The molecule has 0 spiro atoms. The van der Waals surface area contributed by atoms with Crippen LogP contribution in [0.25, 0.3) is 49.7 Å². The lowest BCUT2D eigenvalue weighted by molar-refractivity contribution is 0.568. The number of rotatable bonds is 5. The predicted molar refractivity (Wildman–Crippen MR) is 330 cm³/mol. The van der Waals surface area contributed by atoms with Gasteiger partial charge in [-0.15, -0.1) is 0 Å². The van der Waals surface area contributed by atoms with Gasteiger partial charge in [-0.3, -0.25) is 0 Å². The molecule has 0 aliphatic carbocycles. The lowest BCUT2D eigenvalue weighted by Crippen LogP contribution is -2.61. The Labute approximate surface area is 457 Å². The van der Waals surface area contributed by atoms with Gasteiger partial charge >= 0.3 is 0 Å². The third-order valence-electron chi connectivity index (χ3n) is 16.4. The smallest absolute Gasteiger partial charge is 0.252 e. The van der Waals surface area contributed by atoms with E-state index in [4.69, 9.17) is 0 Å². The highest BCUT2D eigenvalue weighted by Gasteiger charge is 2.44. The maximum absolute atomic E-state index is 10.4. The Morgan fingerprint density at radius 2 is 0.857 bits per heavy atom. The quantitative estimate of drug-likeness (QED) is 0.161. The van der Waals surface area contributed by atoms with Gasteiger partial charge in [0.05, 0.1) is 28.4 Å². The molecular formula is C72H69BN4. The fraction of sp³-hybridized carbons (Fsp3) is 0.236. The van der Waals surface area contributed by atoms with Gasteiger partial charge in [-0.2, -0.15) is 5.26 Å². The van der Waals surface area contributed by atoms with E-state index in [0.29, 0.717) is 5.56 Å². The van der Waals surface area contributed by atoms with Crippen LogP contribution in [0.2, 0.25) is 0 Å². The van der Waals surface area contributed by atoms with Crippen molar-refractivity contribution in [1.29, 1.82) is 5.26 Å². The Bertz CT molecular complexity index is 3870. The minimum absolute atomic E-state index is 0.00896. The summed E-state index contributed by atoms with van der Waals surface area (Å²) in [4.78, 5) is 5.19. The molecule has 0 atom stereocenters. The second kappa shape index (κ2) is 17.8. The van der Waals surface area contributed by atoms with Crippen LogP contribution in [0.15, 0.2) is 182 Å². The number of nitriles is 1. The molecule has 380 valence electrons. The second-order valence-electron chi connectivity index (χ2n) is 25.9. The number of para-hydroxylation sites is 4. The lowest BCUT2D eigenvalue weighted by atomic mass is 9.33. The van der Waals surface area contributed by atoms with Crippen molar-refractivity contribution in [2.45, 2.75) is 112 Å². The Kier molecular flexibility index (Phi) is 11.5. The fourth-order valence-electron chi connectivity index (χ4n) is 12.1. The zero-order valence-electron chi connectivity index (χ0n) is 47.2. The fourth-order valence-corrected chi connectivity index (χ4v) is 12.1. The van der Waals surface area contributed by atoms with Gasteiger partial charge in [0.2, 0.25) is 0 Å². The van der Waals surface area contributed by atoms with Gasteiger partial charge in [-0.25, -0.2) is 0 Å². The Balaban J connectivity index is 1.17. The first-order chi connectivity index (χ1) is 36.6. The van der Waals surface area contributed by atoms with Gasteiger partial charge in [0.25, 0.3) is 6.71 Å². The first-order valence-corrected chi connectivity index (χ1v) is 27.5. The van der Waals surface area contributed by atoms with E-state index in [-0.39, 0.29) is 28.4 Å². The number of anilines is 6. The number of aromatic nitrogens is 1. The maximum atomic E-state index is 10.4. The molecule has 12 rings (SSSR count). The normalized spacial score (nSPS) is 13.4. The Morgan fingerprint density at radius 1 is 0.390 bits per heavy atom. The molecule has 0 bridgehead atoms. The van der Waals surface area contributed by atoms with E-state index in [1.165, 1.54) is 83.5 Å². The van der Waals surface area contributed by atoms with Crippen LogP contribution in [0.3, 0.4) is 0 Å². The predicted octanol–water partition coefficient (Wildman–Crippen LogP) is 17.6. The van der Waals surface area contributed by atoms with E-state index >= 15 is 0 Å². The minimum atomic E-state index is -0.0824. The molecule has 3 heterocycles. The van der Waals surface area contributed by atoms with E-state index in [2.05, 4.69) is 279 Å². The minimum Gasteiger partial charge on any atom is -0.311 e. The van der Waals surface area contributed by atoms with Crippen LogP contribution in [0.5, 0.6) is 0 Å². The summed E-state index contributed by atoms with van der Waals surface area (Å²) in [5.41, 5.74) is 25.3. The van der Waals surface area contributed by atoms with E-state index in [1.54, 1.807) is 0 Å². The van der Waals surface area contributed by atoms with E-state index in [0.717, 1.165) is 44.5 Å². The molecule has 9 aromatic carbocycles. The highest BCUT2D eigenvalue weighted by molar-refractivity contribution is 7.00. The van der Waals surface area contributed by atoms with Crippen molar-refractivity contribution in [3.63, 3.8) is 0 Å². The number of benzene rings is 9. The van der Waals surface area contributed by atoms with Crippen LogP contribution in [-0.2, 0) is 21.7 Å². The number of nitrogens with zero attached hydrogens (tertiary/aromatic N) is 4. The van der Waals surface area contributed by atoms with Crippen molar-refractivity contribution in [3.8, 4) is 34.0 Å². The molecule has 0 fully saturated rings. The molecule has 77 heavy (non-hydrogen) atoms. The molecule has 4 nitrogen and oxygen atoms in total. The average Bonchev–Trinajstić information content (AvgIpc) is 3.76. The van der Waals surface area contributed by atoms with E-state index in [9.17, 15) is 5.26 Å². The summed E-state index contributed by atoms with van der Waals surface area (Å²) in [6.07, 6.45) is 0. The summed E-state index contributed by atoms with van der Waals surface area (Å²) in [5, 5.41) is 12.8. The second-order valence-corrected chi connectivity index (χ2v) is 25.9. The SMILES string of the molecule is Cc1ccc(-c2ccccc2-n2c3ccccc3c3cc(-c4cc5c6c(c4)N(c4cc(C(C)(C)C)cc(C(C)(C)C)c4)c4ccccc4B6c4ccccc4N5c4cc(C(C)(C)C)cc(C(C)(C)C)c4)ccc32)c(C#N)c1. The Morgan fingerprint density at radius 3 is 1.38 bits per heavy atom. The van der Waals surface area contributed by atoms with Crippen LogP contribution in [-0.4, -0.2) is 11.3 Å². The molecule has 2 aliphatic rings. The van der Waals surface area contributed by atoms with Crippen molar-refractivity contribution < 1.29 is 0 Å². The average molecular weight is 1000 g/mol. The molecule has 0 amide bonds. The van der Waals surface area contributed by atoms with Crippen LogP contribution in [0, 0.1) is 18.3 Å². The number of fused-ring (bicyclic) bond motifs is 7. The third-order valence-corrected chi connectivity index (χ3v) is 16.4. The van der Waals surface area contributed by atoms with E-state index in [1.807, 2.05) is 13.0 Å². The Hall–Kier alpha value is -8.07. The van der Waals surface area contributed by atoms with Crippen molar-refractivity contribution in [1.82, 2.24) is 4.57 Å². The van der Waals surface area contributed by atoms with Crippen molar-refractivity contribution >= 4 is 79.0 Å². The van der Waals surface area contributed by atoms with Crippen molar-refractivity contribution in [3.05, 3.63) is 215 Å². The standard InChI is InChI=1S/C72H69BN4/c1-45-30-32-55(48(34-45)44-74)56-22-14-18-26-61(56)77-62-27-19-15-23-57(62)58-35-46(31-33-63(58)77)47-36-66-68-67(37-47)76(54-42-51(71(8,9)10)39-52(43-54)72(11,12)13)65-29-21-17-25-60(65)73(68)59-24-16-20-28-64(59)75(66)53-40-49(69(2,3)4)38-50(41-53)70(5,6)7/h14-43H,1-13H3. The molecule has 0 N–H and O–H groups in total. The molecule has 1 aromatic heterocycles. The summed E-state index contributed by atoms with van der Waals surface area (Å²) in [5.74, 6) is 0. The number of aryl methyl sites for hydroxylation is 1. The zero-order valence-corrected chi connectivity index (χ0v) is 47.2. The maximum Gasteiger partial charge on any atom is 0.252 e. The topological polar surface area (TPSA) is 35.2 Å². The summed E-state index contributed by atoms with van der Waals surface area (Å²) in [7, 11) is 0. The van der Waals surface area contributed by atoms with Gasteiger partial charge in [0.15, 0.2) is 0 Å². The van der Waals surface area contributed by atoms with Crippen LogP contribution >= 0.6 is 0 Å². The number of hydrogen-bond acceptors (Lipinski definition) is 3. The zero-order chi connectivity index (χ0) is 54.1. The van der Waals surface area contributed by atoms with Crippen LogP contribution < -0.4 is 26.2 Å². The van der Waals surface area contributed by atoms with Crippen LogP contribution in [0.1, 0.15) is 116 Å². The molecule has 0 unspecified atom stereocenters. The van der Waals surface area contributed by atoms with Gasteiger partial charge in [0.1, 0.15) is 0 Å². The van der Waals surface area contributed by atoms with Crippen LogP contribution in [0.4, 0.5) is 34.1 Å². The lowest BCUT2D eigenvalue weighted by Gasteiger charge is -2.45. The summed E-state index contributed by atoms with van der Waals surface area (Å²) < 4.78 is 2.40. The molecule has 10 aromatic rings. The highest BCUT2D eigenvalue weighted by Crippen LogP contribution is 2.49. The molecular weight excluding hydrogens is 932 g/mol. The first-order valence-electron chi connectivity index (χ1n) is 27.5. The van der Waals surface area contributed by atoms with Gasteiger partial charge in [-0.05, 0) is 163 Å². The summed E-state index contributed by atoms with van der Waals surface area (Å²) in [6, 6.07) is 71.1. The largest absolute Gasteiger partial charge is 0.311 e. The monoisotopic (exact) mass is 1000 g/mol. The summed E-state index contributed by atoms with van der Waals surface area (Å²) >= 11 is 0. The van der Waals surface area contributed by atoms with Gasteiger partial charge in [-0.1, -0.05) is 186 Å². The third kappa shape index (κ3) is 8.36. The molecule has 0 saturated heterocycles.